The average Bonchev–Trinajstić information content (AvgIpc) is 2.55. The van der Waals surface area contributed by atoms with E-state index in [-0.39, 0.29) is 5.91 Å². The van der Waals surface area contributed by atoms with Crippen LogP contribution in [-0.4, -0.2) is 48.3 Å². The Morgan fingerprint density at radius 3 is 2.82 bits per heavy atom. The van der Waals surface area contributed by atoms with E-state index in [0.29, 0.717) is 37.6 Å². The summed E-state index contributed by atoms with van der Waals surface area (Å²) in [5, 5.41) is 10.5. The van der Waals surface area contributed by atoms with Crippen LogP contribution in [0.4, 0.5) is 0 Å². The summed E-state index contributed by atoms with van der Waals surface area (Å²) in [7, 11) is 0. The van der Waals surface area contributed by atoms with E-state index in [2.05, 4.69) is 0 Å². The molecule has 1 atom stereocenters. The number of carbonyl (C=O) groups excluding carboxylic acids is 1. The molecule has 0 aliphatic carbocycles. The van der Waals surface area contributed by atoms with Crippen LogP contribution in [0.1, 0.15) is 31.2 Å². The van der Waals surface area contributed by atoms with Gasteiger partial charge in [0, 0.05) is 31.3 Å². The zero-order valence-electron chi connectivity index (χ0n) is 12.6. The number of aliphatic hydroxyl groups is 1. The maximum absolute atomic E-state index is 13.2. The summed E-state index contributed by atoms with van der Waals surface area (Å²) in [6.45, 7) is 2.31. The summed E-state index contributed by atoms with van der Waals surface area (Å²) in [6, 6.07) is 7.60. The molecule has 0 radical (unpaired) electrons. The third-order valence-corrected chi connectivity index (χ3v) is 5.05. The Morgan fingerprint density at radius 2 is 2.14 bits per heavy atom. The predicted octanol–water partition coefficient (Wildman–Crippen LogP) is 2.37. The molecule has 1 amide bonds. The number of nitrogens with zero attached hydrogens (tertiary/aromatic N) is 1. The van der Waals surface area contributed by atoms with E-state index in [1.54, 1.807) is 0 Å². The monoisotopic (exact) mass is 323 g/mol. The average molecular weight is 324 g/mol. The second kappa shape index (κ2) is 6.57. The van der Waals surface area contributed by atoms with Crippen molar-refractivity contribution in [2.24, 2.45) is 0 Å². The summed E-state index contributed by atoms with van der Waals surface area (Å²) in [5.41, 5.74) is 0.397. The molecule has 22 heavy (non-hydrogen) atoms. The number of ether oxygens (including phenoxy) is 1. The van der Waals surface area contributed by atoms with E-state index in [9.17, 15) is 9.90 Å². The summed E-state index contributed by atoms with van der Waals surface area (Å²) in [4.78, 5) is 15.1. The van der Waals surface area contributed by atoms with E-state index in [4.69, 9.17) is 16.3 Å². The molecule has 0 bridgehead atoms. The van der Waals surface area contributed by atoms with Crippen molar-refractivity contribution in [3.8, 4) is 0 Å². The molecule has 0 saturated carbocycles. The molecule has 1 unspecified atom stereocenters. The third-order valence-electron chi connectivity index (χ3n) is 4.82. The zero-order chi connectivity index (χ0) is 15.6. The molecule has 2 aliphatic heterocycles. The van der Waals surface area contributed by atoms with Gasteiger partial charge in [-0.1, -0.05) is 23.7 Å². The van der Waals surface area contributed by atoms with Crippen LogP contribution < -0.4 is 0 Å². The molecule has 3 rings (SSSR count). The van der Waals surface area contributed by atoms with Gasteiger partial charge in [-0.05, 0) is 43.4 Å². The van der Waals surface area contributed by atoms with Gasteiger partial charge < -0.3 is 14.7 Å². The molecule has 1 aromatic rings. The maximum atomic E-state index is 13.2. The van der Waals surface area contributed by atoms with Crippen LogP contribution >= 0.6 is 11.6 Å². The van der Waals surface area contributed by atoms with Crippen molar-refractivity contribution in [2.75, 3.05) is 26.3 Å². The molecule has 1 aromatic carbocycles. The molecule has 2 saturated heterocycles. The van der Waals surface area contributed by atoms with Gasteiger partial charge in [-0.2, -0.15) is 0 Å². The minimum absolute atomic E-state index is 0.108. The fourth-order valence-corrected chi connectivity index (χ4v) is 3.76. The minimum Gasteiger partial charge on any atom is -0.391 e. The molecule has 1 N–H and O–H groups in total. The minimum atomic E-state index is -0.569. The number of benzene rings is 1. The highest BCUT2D eigenvalue weighted by Crippen LogP contribution is 2.38. The molecule has 120 valence electrons. The smallest absolute Gasteiger partial charge is 0.233 e. The Balaban J connectivity index is 1.93. The van der Waals surface area contributed by atoms with Crippen LogP contribution in [0.3, 0.4) is 0 Å². The Bertz CT molecular complexity index is 542. The number of likely N-dealkylation sites (tertiary alicyclic amines) is 1. The molecule has 2 fully saturated rings. The SMILES string of the molecule is O=C(N1CCCC(O)C1)C1(c2cccc(Cl)c2)CCOCC1. The first-order valence-electron chi connectivity index (χ1n) is 7.93. The van der Waals surface area contributed by atoms with Gasteiger partial charge in [0.2, 0.25) is 5.91 Å². The van der Waals surface area contributed by atoms with Crippen molar-refractivity contribution in [3.63, 3.8) is 0 Å². The Morgan fingerprint density at radius 1 is 1.36 bits per heavy atom. The number of amides is 1. The number of halogens is 1. The van der Waals surface area contributed by atoms with Gasteiger partial charge in [-0.15, -0.1) is 0 Å². The van der Waals surface area contributed by atoms with E-state index < -0.39 is 11.5 Å². The fourth-order valence-electron chi connectivity index (χ4n) is 3.57. The largest absolute Gasteiger partial charge is 0.391 e. The van der Waals surface area contributed by atoms with Crippen molar-refractivity contribution in [3.05, 3.63) is 34.9 Å². The van der Waals surface area contributed by atoms with Crippen molar-refractivity contribution in [1.82, 2.24) is 4.90 Å². The number of hydrogen-bond acceptors (Lipinski definition) is 3. The van der Waals surface area contributed by atoms with Gasteiger partial charge in [0.1, 0.15) is 0 Å². The quantitative estimate of drug-likeness (QED) is 0.909. The summed E-state index contributed by atoms with van der Waals surface area (Å²) in [5.74, 6) is 0.108. The lowest BCUT2D eigenvalue weighted by Crippen LogP contribution is -2.53. The fraction of sp³-hybridized carbons (Fsp3) is 0.588. The van der Waals surface area contributed by atoms with Crippen molar-refractivity contribution in [1.29, 1.82) is 0 Å². The molecule has 4 nitrogen and oxygen atoms in total. The predicted molar refractivity (Wildman–Crippen MR) is 85.0 cm³/mol. The summed E-state index contributed by atoms with van der Waals surface area (Å²) in [6.07, 6.45) is 2.55. The lowest BCUT2D eigenvalue weighted by molar-refractivity contribution is -0.144. The number of piperidine rings is 1. The third kappa shape index (κ3) is 3.00. The molecular weight excluding hydrogens is 302 g/mol. The maximum Gasteiger partial charge on any atom is 0.233 e. The lowest BCUT2D eigenvalue weighted by Gasteiger charge is -2.42. The van der Waals surface area contributed by atoms with Crippen molar-refractivity contribution >= 4 is 17.5 Å². The molecule has 2 heterocycles. The molecule has 2 aliphatic rings. The van der Waals surface area contributed by atoms with E-state index in [0.717, 1.165) is 24.9 Å². The highest BCUT2D eigenvalue weighted by molar-refractivity contribution is 6.30. The van der Waals surface area contributed by atoms with Gasteiger partial charge in [-0.25, -0.2) is 0 Å². The second-order valence-electron chi connectivity index (χ2n) is 6.25. The number of aliphatic hydroxyl groups excluding tert-OH is 1. The molecule has 5 heteroatoms. The first-order valence-corrected chi connectivity index (χ1v) is 8.31. The summed E-state index contributed by atoms with van der Waals surface area (Å²) >= 11 is 6.14. The summed E-state index contributed by atoms with van der Waals surface area (Å²) < 4.78 is 5.48. The normalized spacial score (nSPS) is 25.0. The van der Waals surface area contributed by atoms with Crippen LogP contribution in [0.2, 0.25) is 5.02 Å². The van der Waals surface area contributed by atoms with Gasteiger partial charge in [0.05, 0.1) is 11.5 Å². The van der Waals surface area contributed by atoms with Crippen LogP contribution in [0.25, 0.3) is 0 Å². The van der Waals surface area contributed by atoms with Crippen LogP contribution in [0.15, 0.2) is 24.3 Å². The lowest BCUT2D eigenvalue weighted by atomic mass is 9.72. The van der Waals surface area contributed by atoms with Crippen LogP contribution in [-0.2, 0) is 14.9 Å². The van der Waals surface area contributed by atoms with Gasteiger partial charge in [0.25, 0.3) is 0 Å². The Labute approximate surface area is 136 Å². The van der Waals surface area contributed by atoms with E-state index >= 15 is 0 Å². The van der Waals surface area contributed by atoms with E-state index in [1.165, 1.54) is 0 Å². The van der Waals surface area contributed by atoms with Crippen LogP contribution in [0, 0.1) is 0 Å². The zero-order valence-corrected chi connectivity index (χ0v) is 13.4. The van der Waals surface area contributed by atoms with Gasteiger partial charge in [0.15, 0.2) is 0 Å². The highest BCUT2D eigenvalue weighted by atomic mass is 35.5. The van der Waals surface area contributed by atoms with E-state index in [1.807, 2.05) is 29.2 Å². The van der Waals surface area contributed by atoms with Crippen molar-refractivity contribution in [2.45, 2.75) is 37.2 Å². The van der Waals surface area contributed by atoms with Gasteiger partial charge in [-0.3, -0.25) is 4.79 Å². The second-order valence-corrected chi connectivity index (χ2v) is 6.69. The van der Waals surface area contributed by atoms with Crippen LogP contribution in [0.5, 0.6) is 0 Å². The first kappa shape index (κ1) is 15.8. The topological polar surface area (TPSA) is 49.8 Å². The van der Waals surface area contributed by atoms with Gasteiger partial charge >= 0.3 is 0 Å². The standard InChI is InChI=1S/C17H22ClNO3/c18-14-4-1-3-13(11-14)17(6-9-22-10-7-17)16(21)19-8-2-5-15(20)12-19/h1,3-4,11,15,20H,2,5-10,12H2. The number of hydrogen-bond donors (Lipinski definition) is 1. The number of carbonyl (C=O) groups is 1. The highest BCUT2D eigenvalue weighted by Gasteiger charge is 2.44. The molecular formula is C17H22ClNO3. The molecule has 0 aromatic heterocycles. The first-order chi connectivity index (χ1) is 10.6. The molecule has 0 spiro atoms. The van der Waals surface area contributed by atoms with Crippen molar-refractivity contribution < 1.29 is 14.6 Å². The Kier molecular flexibility index (Phi) is 4.71. The number of rotatable bonds is 2. The number of β-amino-alcohol motifs (C(OH)–C–C–N with tert-alkyl or cyclic N) is 1. The Hall–Kier alpha value is -1.10.